The number of imidazole rings is 1. The van der Waals surface area contributed by atoms with Gasteiger partial charge in [-0.15, -0.1) is 11.8 Å². The van der Waals surface area contributed by atoms with Crippen LogP contribution in [0.25, 0.3) is 0 Å². The molecular weight excluding hydrogens is 338 g/mol. The zero-order valence-electron chi connectivity index (χ0n) is 12.0. The lowest BCUT2D eigenvalue weighted by Crippen LogP contribution is -2.07. The number of nitrogens with zero attached hydrogens (tertiary/aromatic N) is 2. The van der Waals surface area contributed by atoms with E-state index in [1.807, 2.05) is 22.9 Å². The predicted octanol–water partition coefficient (Wildman–Crippen LogP) is 5.35. The van der Waals surface area contributed by atoms with Crippen LogP contribution in [0.1, 0.15) is 10.8 Å². The van der Waals surface area contributed by atoms with Gasteiger partial charge in [-0.2, -0.15) is 0 Å². The molecule has 118 valence electrons. The summed E-state index contributed by atoms with van der Waals surface area (Å²) < 4.78 is 29.3. The van der Waals surface area contributed by atoms with Crippen LogP contribution in [0.4, 0.5) is 8.78 Å². The Labute approximate surface area is 142 Å². The van der Waals surface area contributed by atoms with Crippen LogP contribution in [0.5, 0.6) is 0 Å². The molecule has 1 unspecified atom stereocenters. The summed E-state index contributed by atoms with van der Waals surface area (Å²) >= 11 is 7.40. The van der Waals surface area contributed by atoms with Gasteiger partial charge in [-0.3, -0.25) is 0 Å². The predicted molar refractivity (Wildman–Crippen MR) is 88.6 cm³/mol. The summed E-state index contributed by atoms with van der Waals surface area (Å²) in [5.74, 6) is -1.12. The van der Waals surface area contributed by atoms with Crippen molar-refractivity contribution in [1.82, 2.24) is 9.55 Å². The van der Waals surface area contributed by atoms with Crippen molar-refractivity contribution in [3.05, 3.63) is 83.4 Å². The molecule has 0 amide bonds. The number of hydrogen-bond acceptors (Lipinski definition) is 2. The van der Waals surface area contributed by atoms with Gasteiger partial charge in [0.25, 0.3) is 0 Å². The first-order valence-electron chi connectivity index (χ1n) is 6.95. The van der Waals surface area contributed by atoms with Crippen molar-refractivity contribution in [3.63, 3.8) is 0 Å². The average Bonchev–Trinajstić information content (AvgIpc) is 3.02. The van der Waals surface area contributed by atoms with Crippen molar-refractivity contribution in [2.45, 2.75) is 16.7 Å². The fraction of sp³-hybridized carbons (Fsp3) is 0.118. The minimum Gasteiger partial charge on any atom is -0.336 e. The maximum atomic E-state index is 14.2. The number of hydrogen-bond donors (Lipinski definition) is 0. The zero-order chi connectivity index (χ0) is 16.2. The van der Waals surface area contributed by atoms with E-state index in [0.717, 1.165) is 11.0 Å². The van der Waals surface area contributed by atoms with Gasteiger partial charge in [-0.1, -0.05) is 17.7 Å². The van der Waals surface area contributed by atoms with Gasteiger partial charge < -0.3 is 4.57 Å². The molecule has 0 fully saturated rings. The molecule has 0 aliphatic rings. The Morgan fingerprint density at radius 2 is 1.91 bits per heavy atom. The van der Waals surface area contributed by atoms with Crippen LogP contribution >= 0.6 is 23.4 Å². The molecule has 3 rings (SSSR count). The van der Waals surface area contributed by atoms with E-state index in [-0.39, 0.29) is 5.25 Å². The highest BCUT2D eigenvalue weighted by Crippen LogP contribution is 2.38. The van der Waals surface area contributed by atoms with E-state index >= 15 is 0 Å². The Morgan fingerprint density at radius 1 is 1.13 bits per heavy atom. The third-order valence-corrected chi connectivity index (χ3v) is 4.82. The van der Waals surface area contributed by atoms with Crippen LogP contribution in [0.3, 0.4) is 0 Å². The first-order chi connectivity index (χ1) is 11.1. The second-order valence-corrected chi connectivity index (χ2v) is 6.70. The van der Waals surface area contributed by atoms with Crippen molar-refractivity contribution in [2.75, 3.05) is 0 Å². The quantitative estimate of drug-likeness (QED) is 0.577. The first kappa shape index (κ1) is 16.0. The van der Waals surface area contributed by atoms with E-state index in [2.05, 4.69) is 4.98 Å². The second-order valence-electron chi connectivity index (χ2n) is 4.99. The van der Waals surface area contributed by atoms with Crippen LogP contribution in [-0.4, -0.2) is 9.55 Å². The standard InChI is InChI=1S/C17H13ClF2N2S/c18-12-1-4-14(5-2-12)23-17(10-22-8-7-21-11-22)15-6-3-13(19)9-16(15)20/h1-9,11,17H,10H2. The van der Waals surface area contributed by atoms with Gasteiger partial charge >= 0.3 is 0 Å². The molecule has 2 aromatic carbocycles. The normalized spacial score (nSPS) is 12.3. The molecule has 0 aliphatic carbocycles. The van der Waals surface area contributed by atoms with E-state index in [9.17, 15) is 8.78 Å². The van der Waals surface area contributed by atoms with Gasteiger partial charge in [0.15, 0.2) is 0 Å². The van der Waals surface area contributed by atoms with E-state index in [1.165, 1.54) is 23.9 Å². The summed E-state index contributed by atoms with van der Waals surface area (Å²) in [5, 5.41) is 0.430. The number of benzene rings is 2. The molecule has 0 N–H and O–H groups in total. The van der Waals surface area contributed by atoms with E-state index < -0.39 is 11.6 Å². The van der Waals surface area contributed by atoms with Crippen LogP contribution in [0.15, 0.2) is 66.1 Å². The highest BCUT2D eigenvalue weighted by atomic mass is 35.5. The van der Waals surface area contributed by atoms with Crippen LogP contribution in [0, 0.1) is 11.6 Å². The Hall–Kier alpha value is -1.85. The molecule has 0 saturated carbocycles. The topological polar surface area (TPSA) is 17.8 Å². The van der Waals surface area contributed by atoms with Gasteiger partial charge in [0, 0.05) is 40.5 Å². The molecule has 0 bridgehead atoms. The number of aromatic nitrogens is 2. The lowest BCUT2D eigenvalue weighted by Gasteiger charge is -2.18. The summed E-state index contributed by atoms with van der Waals surface area (Å²) in [7, 11) is 0. The molecule has 1 heterocycles. The summed E-state index contributed by atoms with van der Waals surface area (Å²) in [6, 6.07) is 11.0. The Kier molecular flexibility index (Phi) is 4.98. The fourth-order valence-electron chi connectivity index (χ4n) is 2.23. The van der Waals surface area contributed by atoms with Gasteiger partial charge in [0.2, 0.25) is 0 Å². The summed E-state index contributed by atoms with van der Waals surface area (Å²) in [4.78, 5) is 4.97. The molecule has 3 aromatic rings. The van der Waals surface area contributed by atoms with E-state index in [1.54, 1.807) is 24.7 Å². The van der Waals surface area contributed by atoms with Gasteiger partial charge in [-0.25, -0.2) is 13.8 Å². The number of halogens is 3. The molecule has 1 aromatic heterocycles. The van der Waals surface area contributed by atoms with Gasteiger partial charge in [0.05, 0.1) is 11.6 Å². The third-order valence-electron chi connectivity index (χ3n) is 3.34. The van der Waals surface area contributed by atoms with Gasteiger partial charge in [0.1, 0.15) is 11.6 Å². The smallest absolute Gasteiger partial charge is 0.130 e. The molecule has 0 aliphatic heterocycles. The molecule has 2 nitrogen and oxygen atoms in total. The minimum atomic E-state index is -0.580. The lowest BCUT2D eigenvalue weighted by molar-refractivity contribution is 0.561. The average molecular weight is 351 g/mol. The SMILES string of the molecule is Fc1ccc(C(Cn2ccnc2)Sc2ccc(Cl)cc2)c(F)c1. The minimum absolute atomic E-state index is 0.217. The molecule has 1 atom stereocenters. The summed E-state index contributed by atoms with van der Waals surface area (Å²) in [6.07, 6.45) is 5.17. The van der Waals surface area contributed by atoms with Crippen molar-refractivity contribution in [3.8, 4) is 0 Å². The number of rotatable bonds is 5. The fourth-order valence-corrected chi connectivity index (χ4v) is 3.54. The maximum Gasteiger partial charge on any atom is 0.130 e. The van der Waals surface area contributed by atoms with Crippen LogP contribution < -0.4 is 0 Å². The first-order valence-corrected chi connectivity index (χ1v) is 8.20. The molecule has 0 radical (unpaired) electrons. The Bertz CT molecular complexity index is 776. The lowest BCUT2D eigenvalue weighted by atomic mass is 10.1. The Balaban J connectivity index is 1.90. The molecular formula is C17H13ClF2N2S. The highest BCUT2D eigenvalue weighted by Gasteiger charge is 2.18. The van der Waals surface area contributed by atoms with Crippen molar-refractivity contribution < 1.29 is 8.78 Å². The largest absolute Gasteiger partial charge is 0.336 e. The summed E-state index contributed by atoms with van der Waals surface area (Å²) in [6.45, 7) is 0.524. The Morgan fingerprint density at radius 3 is 2.57 bits per heavy atom. The third kappa shape index (κ3) is 4.12. The second kappa shape index (κ2) is 7.15. The van der Waals surface area contributed by atoms with Crippen LogP contribution in [-0.2, 0) is 6.54 Å². The maximum absolute atomic E-state index is 14.2. The van der Waals surface area contributed by atoms with Crippen molar-refractivity contribution in [1.29, 1.82) is 0 Å². The summed E-state index contributed by atoms with van der Waals surface area (Å²) in [5.41, 5.74) is 0.458. The molecule has 0 spiro atoms. The zero-order valence-corrected chi connectivity index (χ0v) is 13.6. The van der Waals surface area contributed by atoms with E-state index in [4.69, 9.17) is 11.6 Å². The van der Waals surface area contributed by atoms with E-state index in [0.29, 0.717) is 17.1 Å². The van der Waals surface area contributed by atoms with Crippen molar-refractivity contribution >= 4 is 23.4 Å². The number of thioether (sulfide) groups is 1. The monoisotopic (exact) mass is 350 g/mol. The van der Waals surface area contributed by atoms with Crippen LogP contribution in [0.2, 0.25) is 5.02 Å². The molecule has 0 saturated heterocycles. The molecule has 6 heteroatoms. The highest BCUT2D eigenvalue weighted by molar-refractivity contribution is 7.99. The van der Waals surface area contributed by atoms with Gasteiger partial charge in [-0.05, 0) is 30.3 Å². The van der Waals surface area contributed by atoms with Crippen molar-refractivity contribution in [2.24, 2.45) is 0 Å². The molecule has 23 heavy (non-hydrogen) atoms.